The van der Waals surface area contributed by atoms with Crippen molar-refractivity contribution in [2.24, 2.45) is 0 Å². The van der Waals surface area contributed by atoms with Crippen molar-refractivity contribution in [2.75, 3.05) is 18.9 Å². The molecular weight excluding hydrogens is 583 g/mol. The van der Waals surface area contributed by atoms with Gasteiger partial charge in [0.25, 0.3) is 5.91 Å². The minimum Gasteiger partial charge on any atom is -0.392 e. The lowest BCUT2D eigenvalue weighted by Crippen LogP contribution is -2.37. The summed E-state index contributed by atoms with van der Waals surface area (Å²) in [4.78, 5) is 14.6. The lowest BCUT2D eigenvalue weighted by atomic mass is 9.99. The van der Waals surface area contributed by atoms with E-state index >= 15 is 0 Å². The van der Waals surface area contributed by atoms with Gasteiger partial charge < -0.3 is 19.9 Å². The fourth-order valence-electron chi connectivity index (χ4n) is 5.06. The van der Waals surface area contributed by atoms with Gasteiger partial charge in [-0.2, -0.15) is 0 Å². The maximum atomic E-state index is 14.1. The number of aliphatic hydroxyl groups excluding tert-OH is 1. The normalized spacial score (nSPS) is 18.4. The molecule has 44 heavy (non-hydrogen) atoms. The zero-order valence-corrected chi connectivity index (χ0v) is 23.6. The van der Waals surface area contributed by atoms with E-state index in [4.69, 9.17) is 9.47 Å². The monoisotopic (exact) mass is 612 g/mol. The number of nitrogens with zero attached hydrogens (tertiary/aromatic N) is 1. The number of benzene rings is 4. The number of amides is 1. The average molecular weight is 613 g/mol. The Balaban J connectivity index is 1.33. The van der Waals surface area contributed by atoms with Crippen LogP contribution in [0.2, 0.25) is 0 Å². The van der Waals surface area contributed by atoms with E-state index in [2.05, 4.69) is 10.2 Å². The predicted molar refractivity (Wildman–Crippen MR) is 152 cm³/mol. The Morgan fingerprint density at radius 2 is 1.39 bits per heavy atom. The van der Waals surface area contributed by atoms with E-state index in [1.807, 2.05) is 61.6 Å². The van der Waals surface area contributed by atoms with Crippen LogP contribution in [0.3, 0.4) is 0 Å². The van der Waals surface area contributed by atoms with Gasteiger partial charge in [0.15, 0.2) is 29.6 Å². The summed E-state index contributed by atoms with van der Waals surface area (Å²) in [5.74, 6) is -12.7. The van der Waals surface area contributed by atoms with E-state index in [1.165, 1.54) is 12.1 Å². The van der Waals surface area contributed by atoms with Crippen LogP contribution in [0.25, 0.3) is 0 Å². The molecule has 11 heteroatoms. The van der Waals surface area contributed by atoms with Crippen molar-refractivity contribution in [3.05, 3.63) is 136 Å². The molecule has 0 spiro atoms. The van der Waals surface area contributed by atoms with Gasteiger partial charge in [0.05, 0.1) is 18.8 Å². The van der Waals surface area contributed by atoms with Crippen molar-refractivity contribution in [1.82, 2.24) is 4.90 Å². The predicted octanol–water partition coefficient (Wildman–Crippen LogP) is 6.80. The zero-order chi connectivity index (χ0) is 31.4. The van der Waals surface area contributed by atoms with E-state index in [1.54, 1.807) is 12.1 Å². The fraction of sp³-hybridized carbons (Fsp3) is 0.242. The molecule has 1 aliphatic heterocycles. The van der Waals surface area contributed by atoms with Crippen molar-refractivity contribution >= 4 is 11.6 Å². The van der Waals surface area contributed by atoms with Gasteiger partial charge in [0.2, 0.25) is 5.82 Å². The van der Waals surface area contributed by atoms with E-state index in [9.17, 15) is 31.9 Å². The number of rotatable bonds is 9. The van der Waals surface area contributed by atoms with Gasteiger partial charge in [-0.05, 0) is 35.9 Å². The summed E-state index contributed by atoms with van der Waals surface area (Å²) >= 11 is 0. The number of likely N-dealkylation sites (N-methyl/N-ethyl adjacent to an activating group) is 1. The topological polar surface area (TPSA) is 71.0 Å². The Morgan fingerprint density at radius 3 is 2.00 bits per heavy atom. The first-order valence-electron chi connectivity index (χ1n) is 13.8. The van der Waals surface area contributed by atoms with Crippen molar-refractivity contribution in [3.8, 4) is 0 Å². The minimum absolute atomic E-state index is 0.0498. The summed E-state index contributed by atoms with van der Waals surface area (Å²) in [7, 11) is 1.99. The lowest BCUT2D eigenvalue weighted by molar-refractivity contribution is -0.252. The minimum atomic E-state index is -2.35. The Bertz CT molecular complexity index is 1570. The number of hydrogen-bond donors (Lipinski definition) is 2. The molecule has 2 N–H and O–H groups in total. The maximum Gasteiger partial charge on any atom is 0.261 e. The van der Waals surface area contributed by atoms with Crippen LogP contribution in [0.1, 0.15) is 51.4 Å². The summed E-state index contributed by atoms with van der Waals surface area (Å²) in [6, 6.07) is 23.4. The molecule has 230 valence electrons. The van der Waals surface area contributed by atoms with Crippen LogP contribution in [-0.2, 0) is 22.6 Å². The highest BCUT2D eigenvalue weighted by molar-refractivity contribution is 6.04. The molecule has 1 heterocycles. The van der Waals surface area contributed by atoms with Crippen molar-refractivity contribution < 1.29 is 41.3 Å². The summed E-state index contributed by atoms with van der Waals surface area (Å²) in [5.41, 5.74) is 1.86. The first kappa shape index (κ1) is 31.3. The van der Waals surface area contributed by atoms with Gasteiger partial charge >= 0.3 is 0 Å². The number of carbonyl (C=O) groups excluding carboxylic acids is 1. The second kappa shape index (κ2) is 13.6. The number of nitrogens with one attached hydrogen (secondary N) is 1. The Hall–Kier alpha value is -4.16. The molecule has 4 aromatic carbocycles. The smallest absolute Gasteiger partial charge is 0.261 e. The second-order valence-corrected chi connectivity index (χ2v) is 10.6. The lowest BCUT2D eigenvalue weighted by Gasteiger charge is -2.38. The van der Waals surface area contributed by atoms with Crippen LogP contribution < -0.4 is 5.32 Å². The van der Waals surface area contributed by atoms with Crippen LogP contribution in [0.15, 0.2) is 78.9 Å². The SMILES string of the molecule is CN(Cc1ccccc1)C[C@@H]1C[C@H](c2ccc(CO)cc2)O[C@H](c2ccc(NC(=O)c3c(F)c(F)c(F)c(F)c3F)cc2)O1. The number of hydrogen-bond acceptors (Lipinski definition) is 5. The van der Waals surface area contributed by atoms with Gasteiger partial charge in [0, 0.05) is 30.8 Å². The van der Waals surface area contributed by atoms with Crippen molar-refractivity contribution in [3.63, 3.8) is 0 Å². The summed E-state index contributed by atoms with van der Waals surface area (Å²) in [6.07, 6.45) is -0.838. The molecular formula is C33H29F5N2O4. The third-order valence-electron chi connectivity index (χ3n) is 7.30. The van der Waals surface area contributed by atoms with E-state index in [-0.39, 0.29) is 24.5 Å². The Kier molecular flexibility index (Phi) is 9.70. The molecule has 4 aromatic rings. The van der Waals surface area contributed by atoms with Crippen LogP contribution in [0.5, 0.6) is 0 Å². The number of carbonyl (C=O) groups is 1. The molecule has 1 amide bonds. The molecule has 5 rings (SSSR count). The van der Waals surface area contributed by atoms with E-state index in [0.29, 0.717) is 25.1 Å². The van der Waals surface area contributed by atoms with Crippen LogP contribution in [0, 0.1) is 29.1 Å². The highest BCUT2D eigenvalue weighted by atomic mass is 19.2. The zero-order valence-electron chi connectivity index (χ0n) is 23.6. The van der Waals surface area contributed by atoms with Crippen molar-refractivity contribution in [1.29, 1.82) is 0 Å². The van der Waals surface area contributed by atoms with Gasteiger partial charge in [-0.1, -0.05) is 66.7 Å². The Labute approximate surface area is 250 Å². The number of aliphatic hydroxyl groups is 1. The van der Waals surface area contributed by atoms with Crippen LogP contribution in [0.4, 0.5) is 27.6 Å². The molecule has 0 radical (unpaired) electrons. The quantitative estimate of drug-likeness (QED) is 0.124. The van der Waals surface area contributed by atoms with Gasteiger partial charge in [-0.15, -0.1) is 0 Å². The second-order valence-electron chi connectivity index (χ2n) is 10.6. The van der Waals surface area contributed by atoms with Crippen molar-refractivity contribution in [2.45, 2.75) is 38.1 Å². The molecule has 6 nitrogen and oxygen atoms in total. The van der Waals surface area contributed by atoms with Crippen LogP contribution in [-0.4, -0.2) is 35.6 Å². The molecule has 0 bridgehead atoms. The molecule has 0 aromatic heterocycles. The summed E-state index contributed by atoms with van der Waals surface area (Å²) in [5, 5.41) is 11.6. The standard InChI is InChI=1S/C33H29F5N2O4/c1-40(16-19-5-3-2-4-6-19)17-24-15-25(21-9-7-20(18-41)8-10-21)44-33(43-24)22-11-13-23(14-12-22)39-32(42)26-27(34)29(36)31(38)30(37)28(26)35/h2-14,24-25,33,41H,15-18H2,1H3,(H,39,42)/t24-,25+,33+/m0/s1. The average Bonchev–Trinajstić information content (AvgIpc) is 3.03. The summed E-state index contributed by atoms with van der Waals surface area (Å²) < 4.78 is 81.4. The first-order chi connectivity index (χ1) is 21.1. The molecule has 0 saturated carbocycles. The molecule has 0 aliphatic carbocycles. The first-order valence-corrected chi connectivity index (χ1v) is 13.8. The van der Waals surface area contributed by atoms with E-state index < -0.39 is 46.8 Å². The molecule has 1 aliphatic rings. The molecule has 3 atom stereocenters. The molecule has 1 saturated heterocycles. The van der Waals surface area contributed by atoms with Gasteiger partial charge in [-0.25, -0.2) is 22.0 Å². The van der Waals surface area contributed by atoms with Gasteiger partial charge in [0.1, 0.15) is 5.56 Å². The molecule has 0 unspecified atom stereocenters. The largest absolute Gasteiger partial charge is 0.392 e. The fourth-order valence-corrected chi connectivity index (χ4v) is 5.06. The number of halogens is 5. The number of anilines is 1. The third-order valence-corrected chi connectivity index (χ3v) is 7.30. The third kappa shape index (κ3) is 6.97. The molecule has 1 fully saturated rings. The number of ether oxygens (including phenoxy) is 2. The van der Waals surface area contributed by atoms with E-state index in [0.717, 1.165) is 16.7 Å². The highest BCUT2D eigenvalue weighted by Gasteiger charge is 2.33. The summed E-state index contributed by atoms with van der Waals surface area (Å²) in [6.45, 7) is 1.22. The Morgan fingerprint density at radius 1 is 0.795 bits per heavy atom. The highest BCUT2D eigenvalue weighted by Crippen LogP contribution is 2.38. The van der Waals surface area contributed by atoms with Gasteiger partial charge in [-0.3, -0.25) is 9.69 Å². The maximum absolute atomic E-state index is 14.1. The van der Waals surface area contributed by atoms with Crippen LogP contribution >= 0.6 is 0 Å².